The van der Waals surface area contributed by atoms with Crippen molar-refractivity contribution in [3.05, 3.63) is 59.7 Å². The second-order valence-electron chi connectivity index (χ2n) is 9.09. The van der Waals surface area contributed by atoms with Crippen molar-refractivity contribution in [3.63, 3.8) is 0 Å². The molecule has 2 unspecified atom stereocenters. The number of nitrogens with one attached hydrogen (secondary N) is 2. The summed E-state index contributed by atoms with van der Waals surface area (Å²) >= 11 is 0. The summed E-state index contributed by atoms with van der Waals surface area (Å²) < 4.78 is 54.1. The zero-order valence-corrected chi connectivity index (χ0v) is 20.5. The van der Waals surface area contributed by atoms with Gasteiger partial charge in [0, 0.05) is 49.8 Å². The highest BCUT2D eigenvalue weighted by Gasteiger charge is 2.46. The van der Waals surface area contributed by atoms with Crippen LogP contribution in [0.2, 0.25) is 0 Å². The monoisotopic (exact) mass is 515 g/mol. The molecular formula is C26H28F3N5O3. The maximum absolute atomic E-state index is 14.2. The van der Waals surface area contributed by atoms with Gasteiger partial charge in [0.15, 0.2) is 17.5 Å². The number of amides is 1. The van der Waals surface area contributed by atoms with Crippen LogP contribution in [0, 0.1) is 0 Å². The Morgan fingerprint density at radius 2 is 1.78 bits per heavy atom. The molecule has 2 atom stereocenters. The van der Waals surface area contributed by atoms with E-state index in [0.29, 0.717) is 47.0 Å². The first-order chi connectivity index (χ1) is 17.8. The van der Waals surface area contributed by atoms with Crippen molar-refractivity contribution < 1.29 is 27.4 Å². The first kappa shape index (κ1) is 24.9. The van der Waals surface area contributed by atoms with Gasteiger partial charge >= 0.3 is 6.18 Å². The van der Waals surface area contributed by atoms with E-state index < -0.39 is 18.3 Å². The Kier molecular flexibility index (Phi) is 6.72. The third-order valence-electron chi connectivity index (χ3n) is 6.81. The molecule has 8 nitrogen and oxygen atoms in total. The second-order valence-corrected chi connectivity index (χ2v) is 9.09. The largest absolute Gasteiger partial charge is 0.493 e. The summed E-state index contributed by atoms with van der Waals surface area (Å²) in [6.45, 7) is 2.67. The van der Waals surface area contributed by atoms with Crippen LogP contribution in [-0.4, -0.2) is 67.2 Å². The molecule has 37 heavy (non-hydrogen) atoms. The van der Waals surface area contributed by atoms with Crippen molar-refractivity contribution in [2.24, 2.45) is 0 Å². The lowest BCUT2D eigenvalue weighted by molar-refractivity contribution is -0.173. The molecule has 0 bridgehead atoms. The number of ether oxygens (including phenoxy) is 2. The fourth-order valence-electron chi connectivity index (χ4n) is 4.86. The molecule has 2 N–H and O–H groups in total. The lowest BCUT2D eigenvalue weighted by Crippen LogP contribution is -2.46. The number of benzene rings is 2. The van der Waals surface area contributed by atoms with Crippen molar-refractivity contribution in [1.29, 1.82) is 0 Å². The Balaban J connectivity index is 1.47. The first-order valence-electron chi connectivity index (χ1n) is 12.0. The number of hydrogen-bond donors (Lipinski definition) is 2. The predicted molar refractivity (Wildman–Crippen MR) is 132 cm³/mol. The second kappa shape index (κ2) is 9.97. The van der Waals surface area contributed by atoms with Gasteiger partial charge in [0.1, 0.15) is 5.82 Å². The summed E-state index contributed by atoms with van der Waals surface area (Å²) in [6, 6.07) is 11.1. The molecule has 0 spiro atoms. The zero-order chi connectivity index (χ0) is 26.2. The van der Waals surface area contributed by atoms with Crippen molar-refractivity contribution in [2.45, 2.75) is 24.7 Å². The molecular weight excluding hydrogens is 487 g/mol. The molecule has 0 radical (unpaired) electrons. The molecule has 11 heteroatoms. The maximum atomic E-state index is 14.2. The summed E-state index contributed by atoms with van der Waals surface area (Å²) in [6.07, 6.45) is -4.75. The van der Waals surface area contributed by atoms with E-state index in [-0.39, 0.29) is 18.1 Å². The topological polar surface area (TPSA) is 80.7 Å². The van der Waals surface area contributed by atoms with Crippen molar-refractivity contribution in [2.75, 3.05) is 45.7 Å². The average Bonchev–Trinajstić information content (AvgIpc) is 3.36. The number of piperazine rings is 1. The van der Waals surface area contributed by atoms with Crippen LogP contribution in [0.25, 0.3) is 11.3 Å². The number of methoxy groups -OCH3 is 2. The fraction of sp³-hybridized carbons (Fsp3) is 0.385. The minimum Gasteiger partial charge on any atom is -0.493 e. The molecule has 5 rings (SSSR count). The van der Waals surface area contributed by atoms with Gasteiger partial charge in [0.25, 0.3) is 5.91 Å². The minimum absolute atomic E-state index is 0.105. The lowest BCUT2D eigenvalue weighted by Gasteiger charge is -2.33. The number of carbonyl (C=O) groups is 1. The number of rotatable bonds is 5. The average molecular weight is 516 g/mol. The van der Waals surface area contributed by atoms with Gasteiger partial charge in [-0.1, -0.05) is 18.2 Å². The third kappa shape index (κ3) is 4.95. The molecule has 1 amide bonds. The van der Waals surface area contributed by atoms with E-state index in [4.69, 9.17) is 9.47 Å². The van der Waals surface area contributed by atoms with Crippen LogP contribution in [0.4, 0.5) is 19.0 Å². The summed E-state index contributed by atoms with van der Waals surface area (Å²) in [4.78, 5) is 14.7. The number of nitrogens with zero attached hydrogens (tertiary/aromatic N) is 3. The van der Waals surface area contributed by atoms with Gasteiger partial charge in [-0.05, 0) is 29.8 Å². The van der Waals surface area contributed by atoms with Gasteiger partial charge in [-0.25, -0.2) is 4.68 Å². The smallest absolute Gasteiger partial charge is 0.410 e. The molecule has 1 aromatic heterocycles. The normalized spacial score (nSPS) is 19.6. The molecule has 3 heterocycles. The molecule has 1 saturated heterocycles. The molecule has 0 saturated carbocycles. The van der Waals surface area contributed by atoms with Crippen LogP contribution in [-0.2, 0) is 0 Å². The molecule has 0 aliphatic carbocycles. The summed E-state index contributed by atoms with van der Waals surface area (Å²) in [7, 11) is 2.99. The van der Waals surface area contributed by atoms with Crippen molar-refractivity contribution >= 4 is 11.7 Å². The molecule has 2 aliphatic heterocycles. The summed E-state index contributed by atoms with van der Waals surface area (Å²) in [5.74, 6) is 1.09. The number of fused-ring (bicyclic) bond motifs is 1. The Morgan fingerprint density at radius 1 is 1.03 bits per heavy atom. The SMILES string of the molecule is COc1ccc(C2CC(C(F)(F)F)n3nc(-c4cccc(C(=O)N5CCNCC5)c4)cc3N2)cc1OC. The van der Waals surface area contributed by atoms with E-state index in [2.05, 4.69) is 15.7 Å². The first-order valence-corrected chi connectivity index (χ1v) is 12.0. The summed E-state index contributed by atoms with van der Waals surface area (Å²) in [5.41, 5.74) is 2.06. The molecule has 196 valence electrons. The number of hydrogen-bond acceptors (Lipinski definition) is 6. The van der Waals surface area contributed by atoms with Gasteiger partial charge in [-0.2, -0.15) is 18.3 Å². The van der Waals surface area contributed by atoms with Crippen LogP contribution in [0.3, 0.4) is 0 Å². The van der Waals surface area contributed by atoms with Crippen LogP contribution in [0.1, 0.15) is 34.4 Å². The zero-order valence-electron chi connectivity index (χ0n) is 20.5. The minimum atomic E-state index is -4.50. The van der Waals surface area contributed by atoms with Crippen molar-refractivity contribution in [1.82, 2.24) is 20.0 Å². The number of halogens is 3. The highest BCUT2D eigenvalue weighted by atomic mass is 19.4. The number of anilines is 1. The van der Waals surface area contributed by atoms with Gasteiger partial charge < -0.3 is 25.0 Å². The highest BCUT2D eigenvalue weighted by Crippen LogP contribution is 2.45. The molecule has 2 aliphatic rings. The Hall–Kier alpha value is -3.73. The van der Waals surface area contributed by atoms with Crippen LogP contribution in [0.15, 0.2) is 48.5 Å². The third-order valence-corrected chi connectivity index (χ3v) is 6.81. The van der Waals surface area contributed by atoms with E-state index in [1.165, 1.54) is 14.2 Å². The van der Waals surface area contributed by atoms with Crippen LogP contribution < -0.4 is 20.1 Å². The van der Waals surface area contributed by atoms with Gasteiger partial charge in [-0.15, -0.1) is 0 Å². The predicted octanol–water partition coefficient (Wildman–Crippen LogP) is 4.27. The summed E-state index contributed by atoms with van der Waals surface area (Å²) in [5, 5.41) is 10.7. The van der Waals surface area contributed by atoms with E-state index in [1.807, 2.05) is 0 Å². The number of alkyl halides is 3. The Morgan fingerprint density at radius 3 is 2.49 bits per heavy atom. The fourth-order valence-corrected chi connectivity index (χ4v) is 4.86. The number of aromatic nitrogens is 2. The number of carbonyl (C=O) groups excluding carboxylic acids is 1. The van der Waals surface area contributed by atoms with Gasteiger partial charge in [0.2, 0.25) is 0 Å². The van der Waals surface area contributed by atoms with E-state index >= 15 is 0 Å². The van der Waals surface area contributed by atoms with E-state index in [0.717, 1.165) is 17.8 Å². The van der Waals surface area contributed by atoms with E-state index in [9.17, 15) is 18.0 Å². The Labute approximate surface area is 212 Å². The van der Waals surface area contributed by atoms with Crippen LogP contribution >= 0.6 is 0 Å². The Bertz CT molecular complexity index is 1290. The molecule has 3 aromatic rings. The lowest BCUT2D eigenvalue weighted by atomic mass is 9.96. The maximum Gasteiger partial charge on any atom is 0.410 e. The molecule has 2 aromatic carbocycles. The van der Waals surface area contributed by atoms with Gasteiger partial charge in [0.05, 0.1) is 26.0 Å². The van der Waals surface area contributed by atoms with Gasteiger partial charge in [-0.3, -0.25) is 4.79 Å². The highest BCUT2D eigenvalue weighted by molar-refractivity contribution is 5.95. The molecule has 1 fully saturated rings. The standard InChI is InChI=1S/C26H28F3N5O3/c1-36-21-7-6-17(13-22(21)37-2)19-14-23(26(27,28)29)34-24(31-19)15-20(32-34)16-4-3-5-18(12-16)25(35)33-10-8-30-9-11-33/h3-7,12-13,15,19,23,30-31H,8-11,14H2,1-2H3. The van der Waals surface area contributed by atoms with E-state index in [1.54, 1.807) is 53.4 Å². The van der Waals surface area contributed by atoms with Crippen LogP contribution in [0.5, 0.6) is 11.5 Å². The quantitative estimate of drug-likeness (QED) is 0.528. The van der Waals surface area contributed by atoms with Crippen molar-refractivity contribution in [3.8, 4) is 22.8 Å².